The van der Waals surface area contributed by atoms with Gasteiger partial charge in [0.1, 0.15) is 6.04 Å². The smallest absolute Gasteiger partial charge is 0.251 e. The fraction of sp³-hybridized carbons (Fsp3) is 0.389. The van der Waals surface area contributed by atoms with E-state index in [2.05, 4.69) is 22.5 Å². The second-order valence-corrected chi connectivity index (χ2v) is 5.71. The van der Waals surface area contributed by atoms with Crippen LogP contribution in [0.2, 0.25) is 0 Å². The molecule has 6 heteroatoms. The van der Waals surface area contributed by atoms with E-state index in [0.29, 0.717) is 18.7 Å². The van der Waals surface area contributed by atoms with Crippen LogP contribution in [0.5, 0.6) is 0 Å². The lowest BCUT2D eigenvalue weighted by molar-refractivity contribution is -0.124. The van der Waals surface area contributed by atoms with Crippen LogP contribution in [0.15, 0.2) is 43.0 Å². The number of hydrogen-bond donors (Lipinski definition) is 2. The Morgan fingerprint density at radius 3 is 2.58 bits per heavy atom. The maximum atomic E-state index is 12.1. The van der Waals surface area contributed by atoms with Crippen molar-refractivity contribution >= 4 is 11.8 Å². The van der Waals surface area contributed by atoms with Gasteiger partial charge in [-0.05, 0) is 31.0 Å². The van der Waals surface area contributed by atoms with Gasteiger partial charge >= 0.3 is 0 Å². The molecule has 0 fully saturated rings. The zero-order chi connectivity index (χ0) is 17.4. The lowest BCUT2D eigenvalue weighted by Crippen LogP contribution is -2.30. The largest absolute Gasteiger partial charge is 0.352 e. The molecule has 24 heavy (non-hydrogen) atoms. The molecular formula is C18H24N4O2. The summed E-state index contributed by atoms with van der Waals surface area (Å²) in [5.74, 6) is -0.137. The van der Waals surface area contributed by atoms with Crippen LogP contribution in [-0.4, -0.2) is 27.9 Å². The van der Waals surface area contributed by atoms with E-state index in [1.54, 1.807) is 35.4 Å². The topological polar surface area (TPSA) is 76.0 Å². The summed E-state index contributed by atoms with van der Waals surface area (Å²) in [7, 11) is 0. The molecule has 1 atom stereocenters. The Balaban J connectivity index is 1.83. The van der Waals surface area contributed by atoms with Gasteiger partial charge in [0.2, 0.25) is 5.91 Å². The molecule has 0 aliphatic heterocycles. The number of amides is 2. The zero-order valence-electron chi connectivity index (χ0n) is 14.2. The highest BCUT2D eigenvalue weighted by Crippen LogP contribution is 2.07. The SMILES string of the molecule is CCCCNC(=O)c1ccc(CNC(=O)[C@@H](C)n2ccnc2)cc1. The number of rotatable bonds is 8. The second-order valence-electron chi connectivity index (χ2n) is 5.71. The van der Waals surface area contributed by atoms with Crippen LogP contribution in [-0.2, 0) is 11.3 Å². The van der Waals surface area contributed by atoms with Crippen LogP contribution < -0.4 is 10.6 Å². The highest BCUT2D eigenvalue weighted by atomic mass is 16.2. The van der Waals surface area contributed by atoms with Gasteiger partial charge in [-0.15, -0.1) is 0 Å². The summed E-state index contributed by atoms with van der Waals surface area (Å²) in [5.41, 5.74) is 1.58. The third-order valence-corrected chi connectivity index (χ3v) is 3.85. The van der Waals surface area contributed by atoms with Gasteiger partial charge in [0, 0.05) is 31.0 Å². The van der Waals surface area contributed by atoms with Gasteiger partial charge in [-0.2, -0.15) is 0 Å². The fourth-order valence-electron chi connectivity index (χ4n) is 2.23. The summed E-state index contributed by atoms with van der Waals surface area (Å²) in [6, 6.07) is 6.97. The number of nitrogens with zero attached hydrogens (tertiary/aromatic N) is 2. The minimum absolute atomic E-state index is 0.0623. The Morgan fingerprint density at radius 2 is 1.96 bits per heavy atom. The number of benzene rings is 1. The minimum Gasteiger partial charge on any atom is -0.352 e. The van der Waals surface area contributed by atoms with E-state index in [9.17, 15) is 9.59 Å². The molecule has 0 aliphatic carbocycles. The molecular weight excluding hydrogens is 304 g/mol. The second kappa shape index (κ2) is 8.86. The number of unbranched alkanes of at least 4 members (excludes halogenated alkanes) is 1. The van der Waals surface area contributed by atoms with E-state index in [4.69, 9.17) is 0 Å². The first-order valence-electron chi connectivity index (χ1n) is 8.24. The number of carbonyl (C=O) groups is 2. The van der Waals surface area contributed by atoms with Gasteiger partial charge in [0.05, 0.1) is 6.33 Å². The van der Waals surface area contributed by atoms with Crippen LogP contribution >= 0.6 is 0 Å². The van der Waals surface area contributed by atoms with Crippen LogP contribution in [0, 0.1) is 0 Å². The van der Waals surface area contributed by atoms with Crippen molar-refractivity contribution in [2.75, 3.05) is 6.54 Å². The van der Waals surface area contributed by atoms with Crippen molar-refractivity contribution in [3.05, 3.63) is 54.1 Å². The third-order valence-electron chi connectivity index (χ3n) is 3.85. The molecule has 1 aromatic carbocycles. The van der Waals surface area contributed by atoms with Crippen molar-refractivity contribution in [1.82, 2.24) is 20.2 Å². The minimum atomic E-state index is -0.309. The molecule has 1 heterocycles. The molecule has 0 spiro atoms. The van der Waals surface area contributed by atoms with Crippen molar-refractivity contribution in [2.24, 2.45) is 0 Å². The van der Waals surface area contributed by atoms with Crippen LogP contribution in [0.3, 0.4) is 0 Å². The summed E-state index contributed by atoms with van der Waals surface area (Å²) in [5, 5.41) is 5.77. The van der Waals surface area contributed by atoms with Crippen molar-refractivity contribution < 1.29 is 9.59 Å². The first kappa shape index (κ1) is 17.7. The fourth-order valence-corrected chi connectivity index (χ4v) is 2.23. The summed E-state index contributed by atoms with van der Waals surface area (Å²) >= 11 is 0. The van der Waals surface area contributed by atoms with Gasteiger partial charge in [-0.3, -0.25) is 9.59 Å². The quantitative estimate of drug-likeness (QED) is 0.730. The number of aromatic nitrogens is 2. The molecule has 0 saturated heterocycles. The maximum Gasteiger partial charge on any atom is 0.251 e. The molecule has 2 amide bonds. The van der Waals surface area contributed by atoms with E-state index < -0.39 is 0 Å². The van der Waals surface area contributed by atoms with Gasteiger partial charge < -0.3 is 15.2 Å². The van der Waals surface area contributed by atoms with Crippen molar-refractivity contribution in [3.8, 4) is 0 Å². The zero-order valence-corrected chi connectivity index (χ0v) is 14.2. The third kappa shape index (κ3) is 4.94. The maximum absolute atomic E-state index is 12.1. The van der Waals surface area contributed by atoms with Crippen LogP contribution in [0.1, 0.15) is 48.7 Å². The molecule has 6 nitrogen and oxygen atoms in total. The highest BCUT2D eigenvalue weighted by molar-refractivity contribution is 5.94. The molecule has 0 radical (unpaired) electrons. The van der Waals surface area contributed by atoms with Gasteiger partial charge in [-0.25, -0.2) is 4.98 Å². The predicted octanol–water partition coefficient (Wildman–Crippen LogP) is 2.29. The Kier molecular flexibility index (Phi) is 6.54. The van der Waals surface area contributed by atoms with Crippen molar-refractivity contribution in [3.63, 3.8) is 0 Å². The van der Waals surface area contributed by atoms with Gasteiger partial charge in [-0.1, -0.05) is 25.5 Å². The molecule has 2 rings (SSSR count). The number of carbonyl (C=O) groups excluding carboxylic acids is 2. The Bertz CT molecular complexity index is 650. The first-order valence-corrected chi connectivity index (χ1v) is 8.24. The number of imidazole rings is 1. The van der Waals surface area contributed by atoms with Crippen molar-refractivity contribution in [2.45, 2.75) is 39.3 Å². The number of hydrogen-bond acceptors (Lipinski definition) is 3. The standard InChI is InChI=1S/C18H24N4O2/c1-3-4-9-20-18(24)16-7-5-15(6-8-16)12-21-17(23)14(2)22-11-10-19-13-22/h5-8,10-11,13-14H,3-4,9,12H2,1-2H3,(H,20,24)(H,21,23)/t14-/m1/s1. The molecule has 2 N–H and O–H groups in total. The van der Waals surface area contributed by atoms with Crippen LogP contribution in [0.4, 0.5) is 0 Å². The first-order chi connectivity index (χ1) is 11.6. The predicted molar refractivity (Wildman–Crippen MR) is 92.5 cm³/mol. The van der Waals surface area contributed by atoms with Gasteiger partial charge in [0.25, 0.3) is 5.91 Å². The molecule has 0 bridgehead atoms. The molecule has 0 saturated carbocycles. The van der Waals surface area contributed by atoms with Crippen molar-refractivity contribution in [1.29, 1.82) is 0 Å². The molecule has 0 aliphatic rings. The normalized spacial score (nSPS) is 11.8. The molecule has 128 valence electrons. The average molecular weight is 328 g/mol. The van der Waals surface area contributed by atoms with E-state index in [1.807, 2.05) is 19.1 Å². The van der Waals surface area contributed by atoms with Crippen LogP contribution in [0.25, 0.3) is 0 Å². The Labute approximate surface area is 142 Å². The van der Waals surface area contributed by atoms with E-state index in [-0.39, 0.29) is 17.9 Å². The van der Waals surface area contributed by atoms with E-state index >= 15 is 0 Å². The lowest BCUT2D eigenvalue weighted by atomic mass is 10.1. The molecule has 2 aromatic rings. The van der Waals surface area contributed by atoms with Gasteiger partial charge in [0.15, 0.2) is 0 Å². The van der Waals surface area contributed by atoms with E-state index in [0.717, 1.165) is 18.4 Å². The highest BCUT2D eigenvalue weighted by Gasteiger charge is 2.13. The Hall–Kier alpha value is -2.63. The molecule has 0 unspecified atom stereocenters. The average Bonchev–Trinajstić information content (AvgIpc) is 3.14. The summed E-state index contributed by atoms with van der Waals surface area (Å²) < 4.78 is 1.75. The summed E-state index contributed by atoms with van der Waals surface area (Å²) in [6.45, 7) is 5.03. The lowest BCUT2D eigenvalue weighted by Gasteiger charge is -2.13. The number of nitrogens with one attached hydrogen (secondary N) is 2. The molecule has 1 aromatic heterocycles. The monoisotopic (exact) mass is 328 g/mol. The summed E-state index contributed by atoms with van der Waals surface area (Å²) in [4.78, 5) is 28.0. The van der Waals surface area contributed by atoms with E-state index in [1.165, 1.54) is 0 Å². The Morgan fingerprint density at radius 1 is 1.21 bits per heavy atom. The summed E-state index contributed by atoms with van der Waals surface area (Å²) in [6.07, 6.45) is 7.06.